The summed E-state index contributed by atoms with van der Waals surface area (Å²) in [5.41, 5.74) is 3.89. The van der Waals surface area contributed by atoms with Gasteiger partial charge in [0.25, 0.3) is 0 Å². The molecule has 2 aliphatic rings. The van der Waals surface area contributed by atoms with Gasteiger partial charge in [-0.25, -0.2) is 8.42 Å². The molecule has 222 valence electrons. The number of allylic oxidation sites excluding steroid dienone is 1. The molecule has 1 amide bonds. The number of hydrogen-bond donors (Lipinski definition) is 3. The number of rotatable bonds is 12. The van der Waals surface area contributed by atoms with E-state index < -0.39 is 39.4 Å². The fourth-order valence-corrected chi connectivity index (χ4v) is 8.66. The maximum Gasteiger partial charge on any atom is 0.224 e. The van der Waals surface area contributed by atoms with Crippen LogP contribution in [0.15, 0.2) is 97.6 Å². The van der Waals surface area contributed by atoms with Gasteiger partial charge in [-0.15, -0.1) is 6.58 Å². The van der Waals surface area contributed by atoms with Crippen molar-refractivity contribution in [1.29, 1.82) is 0 Å². The zero-order valence-corrected chi connectivity index (χ0v) is 24.6. The number of nitrogens with one attached hydrogen (secondary N) is 1. The molecule has 5 rings (SSSR count). The largest absolute Gasteiger partial charge is 0.392 e. The second-order valence-electron chi connectivity index (χ2n) is 11.6. The predicted molar refractivity (Wildman–Crippen MR) is 164 cm³/mol. The molecule has 3 unspecified atom stereocenters. The van der Waals surface area contributed by atoms with E-state index in [4.69, 9.17) is 0 Å². The van der Waals surface area contributed by atoms with Crippen LogP contribution in [0.2, 0.25) is 0 Å². The average Bonchev–Trinajstić information content (AvgIpc) is 3.41. The average molecular weight is 589 g/mol. The van der Waals surface area contributed by atoms with E-state index in [2.05, 4.69) is 11.9 Å². The Morgan fingerprint density at radius 1 is 1.00 bits per heavy atom. The minimum Gasteiger partial charge on any atom is -0.392 e. The van der Waals surface area contributed by atoms with E-state index in [9.17, 15) is 23.4 Å². The fraction of sp³-hybridized carbons (Fsp3) is 0.382. The molecule has 1 fully saturated rings. The summed E-state index contributed by atoms with van der Waals surface area (Å²) in [6.45, 7) is 3.67. The lowest BCUT2D eigenvalue weighted by Crippen LogP contribution is -2.44. The SMILES string of the molecule is C=CCC1C[C@H](Cc2ccccc2)N(CC(O)CC(Cc2ccccc2)C(=O)N[C@H]2c3ccccc3C[C@H]2O)S1(=O)=O. The molecule has 1 saturated heterocycles. The summed E-state index contributed by atoms with van der Waals surface area (Å²) >= 11 is 0. The molecule has 0 saturated carbocycles. The third-order valence-corrected chi connectivity index (χ3v) is 10.9. The third kappa shape index (κ3) is 6.84. The number of hydrogen-bond acceptors (Lipinski definition) is 5. The molecule has 3 aromatic rings. The van der Waals surface area contributed by atoms with Gasteiger partial charge < -0.3 is 15.5 Å². The van der Waals surface area contributed by atoms with Crippen LogP contribution >= 0.6 is 0 Å². The maximum atomic E-state index is 13.7. The van der Waals surface area contributed by atoms with Gasteiger partial charge in [0.1, 0.15) is 0 Å². The normalized spacial score (nSPS) is 24.5. The Morgan fingerprint density at radius 2 is 1.64 bits per heavy atom. The van der Waals surface area contributed by atoms with Gasteiger partial charge in [-0.05, 0) is 54.4 Å². The Hall–Kier alpha value is -3.30. The van der Waals surface area contributed by atoms with Crippen molar-refractivity contribution in [2.75, 3.05) is 6.54 Å². The predicted octanol–water partition coefficient (Wildman–Crippen LogP) is 3.96. The van der Waals surface area contributed by atoms with Crippen molar-refractivity contribution in [3.05, 3.63) is 120 Å². The molecule has 0 spiro atoms. The molecule has 8 heteroatoms. The Labute approximate surface area is 249 Å². The summed E-state index contributed by atoms with van der Waals surface area (Å²) in [5, 5.41) is 24.6. The molecular weight excluding hydrogens is 548 g/mol. The van der Waals surface area contributed by atoms with Crippen LogP contribution in [0.4, 0.5) is 0 Å². The zero-order chi connectivity index (χ0) is 29.7. The van der Waals surface area contributed by atoms with Crippen molar-refractivity contribution >= 4 is 15.9 Å². The number of aliphatic hydroxyl groups is 2. The van der Waals surface area contributed by atoms with Gasteiger partial charge in [-0.3, -0.25) is 4.79 Å². The Morgan fingerprint density at radius 3 is 2.33 bits per heavy atom. The molecule has 0 radical (unpaired) electrons. The summed E-state index contributed by atoms with van der Waals surface area (Å²) in [6.07, 6.45) is 2.14. The van der Waals surface area contributed by atoms with Gasteiger partial charge in [0, 0.05) is 24.9 Å². The summed E-state index contributed by atoms with van der Waals surface area (Å²) in [6, 6.07) is 26.2. The van der Waals surface area contributed by atoms with Gasteiger partial charge >= 0.3 is 0 Å². The summed E-state index contributed by atoms with van der Waals surface area (Å²) < 4.78 is 28.6. The number of carbonyl (C=O) groups excluding carboxylic acids is 1. The standard InChI is InChI=1S/C34H40N2O5S/c1-2-11-30-22-28(19-25-14-7-4-8-15-25)36(42(30,40)41)23-29(37)20-27(18-24-12-5-3-6-13-24)34(39)35-33-31-17-10-9-16-26(31)21-32(33)38/h2-10,12-17,27-30,32-33,37-38H,1,11,18-23H2,(H,35,39)/t27?,28-,29?,30?,32+,33-/m0/s1. The van der Waals surface area contributed by atoms with Gasteiger partial charge in [0.15, 0.2) is 0 Å². The number of benzene rings is 3. The number of fused-ring (bicyclic) bond motifs is 1. The third-order valence-electron chi connectivity index (χ3n) is 8.58. The van der Waals surface area contributed by atoms with Gasteiger partial charge in [0.2, 0.25) is 15.9 Å². The highest BCUT2D eigenvalue weighted by Gasteiger charge is 2.45. The van der Waals surface area contributed by atoms with Crippen LogP contribution < -0.4 is 5.32 Å². The lowest BCUT2D eigenvalue weighted by atomic mass is 9.91. The minimum absolute atomic E-state index is 0.0824. The van der Waals surface area contributed by atoms with E-state index in [1.165, 1.54) is 4.31 Å². The molecule has 3 aromatic carbocycles. The number of amides is 1. The van der Waals surface area contributed by atoms with Crippen LogP contribution in [0.25, 0.3) is 0 Å². The quantitative estimate of drug-likeness (QED) is 0.278. The Balaban J connectivity index is 1.34. The molecule has 42 heavy (non-hydrogen) atoms. The van der Waals surface area contributed by atoms with Crippen molar-refractivity contribution in [3.8, 4) is 0 Å². The topological polar surface area (TPSA) is 107 Å². The number of β-amino-alcohol motifs (C(OH)–C–C–N with tert-alkyl or cyclic N) is 1. The monoisotopic (exact) mass is 588 g/mol. The van der Waals surface area contributed by atoms with Crippen molar-refractivity contribution in [1.82, 2.24) is 9.62 Å². The lowest BCUT2D eigenvalue weighted by molar-refractivity contribution is -0.127. The molecule has 1 aliphatic heterocycles. The van der Waals surface area contributed by atoms with E-state index in [-0.39, 0.29) is 24.9 Å². The minimum atomic E-state index is -3.66. The smallest absolute Gasteiger partial charge is 0.224 e. The molecule has 7 nitrogen and oxygen atoms in total. The van der Waals surface area contributed by atoms with Crippen molar-refractivity contribution in [2.45, 2.75) is 68.1 Å². The first-order valence-corrected chi connectivity index (χ1v) is 16.2. The first-order chi connectivity index (χ1) is 20.3. The number of nitrogens with zero attached hydrogens (tertiary/aromatic N) is 1. The number of carbonyl (C=O) groups is 1. The fourth-order valence-electron chi connectivity index (χ4n) is 6.48. The molecule has 6 atom stereocenters. The van der Waals surface area contributed by atoms with Crippen LogP contribution in [0, 0.1) is 5.92 Å². The zero-order valence-electron chi connectivity index (χ0n) is 23.8. The van der Waals surface area contributed by atoms with Crippen LogP contribution in [0.5, 0.6) is 0 Å². The van der Waals surface area contributed by atoms with E-state index in [1.807, 2.05) is 84.9 Å². The van der Waals surface area contributed by atoms with Crippen LogP contribution in [-0.2, 0) is 34.1 Å². The molecular formula is C34H40N2O5S. The summed E-state index contributed by atoms with van der Waals surface area (Å²) in [5.74, 6) is -0.891. The van der Waals surface area contributed by atoms with E-state index >= 15 is 0 Å². The highest BCUT2D eigenvalue weighted by molar-refractivity contribution is 7.90. The molecule has 3 N–H and O–H groups in total. The highest BCUT2D eigenvalue weighted by atomic mass is 32.2. The van der Waals surface area contributed by atoms with Crippen molar-refractivity contribution in [2.24, 2.45) is 5.92 Å². The second kappa shape index (κ2) is 13.3. The number of aliphatic hydroxyl groups excluding tert-OH is 2. The van der Waals surface area contributed by atoms with E-state index in [0.717, 1.165) is 22.3 Å². The molecule has 1 heterocycles. The highest BCUT2D eigenvalue weighted by Crippen LogP contribution is 2.34. The van der Waals surface area contributed by atoms with Crippen LogP contribution in [-0.4, -0.2) is 58.9 Å². The van der Waals surface area contributed by atoms with Crippen LogP contribution in [0.1, 0.15) is 47.6 Å². The maximum absolute atomic E-state index is 13.7. The first kappa shape index (κ1) is 30.2. The van der Waals surface area contributed by atoms with E-state index in [1.54, 1.807) is 6.08 Å². The van der Waals surface area contributed by atoms with Crippen molar-refractivity contribution < 1.29 is 23.4 Å². The lowest BCUT2D eigenvalue weighted by Gasteiger charge is -2.28. The summed E-state index contributed by atoms with van der Waals surface area (Å²) in [4.78, 5) is 13.7. The van der Waals surface area contributed by atoms with Gasteiger partial charge in [0.05, 0.1) is 23.5 Å². The first-order valence-electron chi connectivity index (χ1n) is 14.7. The van der Waals surface area contributed by atoms with E-state index in [0.29, 0.717) is 32.1 Å². The number of sulfonamides is 1. The second-order valence-corrected chi connectivity index (χ2v) is 13.7. The van der Waals surface area contributed by atoms with Gasteiger partial charge in [-0.2, -0.15) is 4.31 Å². The Kier molecular flexibility index (Phi) is 9.58. The summed E-state index contributed by atoms with van der Waals surface area (Å²) in [7, 11) is -3.66. The van der Waals surface area contributed by atoms with Gasteiger partial charge in [-0.1, -0.05) is 91.0 Å². The Bertz CT molecular complexity index is 1460. The molecule has 0 bridgehead atoms. The molecule has 0 aromatic heterocycles. The van der Waals surface area contributed by atoms with Crippen molar-refractivity contribution in [3.63, 3.8) is 0 Å². The molecule has 1 aliphatic carbocycles. The van der Waals surface area contributed by atoms with Crippen LogP contribution in [0.3, 0.4) is 0 Å².